The van der Waals surface area contributed by atoms with E-state index in [0.29, 0.717) is 0 Å². The Labute approximate surface area is 129 Å². The van der Waals surface area contributed by atoms with E-state index in [9.17, 15) is 52.7 Å². The zero-order chi connectivity index (χ0) is 20.0. The van der Waals surface area contributed by atoms with Crippen molar-refractivity contribution in [2.24, 2.45) is 0 Å². The first-order valence-corrected chi connectivity index (χ1v) is 9.37. The van der Waals surface area contributed by atoms with Crippen LogP contribution >= 0.6 is 0 Å². The minimum absolute atomic E-state index is 1.15. The molecule has 24 heavy (non-hydrogen) atoms. The van der Waals surface area contributed by atoms with E-state index >= 15 is 0 Å². The fraction of sp³-hybridized carbons (Fsp3) is 1.00. The Morgan fingerprint density at radius 2 is 1.08 bits per heavy atom. The molecule has 1 nitrogen and oxygen atoms in total. The van der Waals surface area contributed by atoms with Crippen molar-refractivity contribution in [3.05, 3.63) is 0 Å². The Bertz CT molecular complexity index is 442. The molecule has 0 N–H and O–H groups in total. The summed E-state index contributed by atoms with van der Waals surface area (Å²) < 4.78 is 158. The van der Waals surface area contributed by atoms with Crippen molar-refractivity contribution in [3.63, 3.8) is 0 Å². The van der Waals surface area contributed by atoms with Gasteiger partial charge in [0.05, 0.1) is 0 Å². The molecule has 0 aromatic rings. The average Bonchev–Trinajstić information content (AvgIpc) is 2.34. The van der Waals surface area contributed by atoms with Gasteiger partial charge in [0.25, 0.3) is 0 Å². The van der Waals surface area contributed by atoms with Crippen molar-refractivity contribution < 1.29 is 57.1 Å². The van der Waals surface area contributed by atoms with Gasteiger partial charge < -0.3 is 4.43 Å². The second kappa shape index (κ2) is 6.25. The Hall–Kier alpha value is -0.663. The second-order valence-electron chi connectivity index (χ2n) is 5.75. The molecule has 0 amide bonds. The largest absolute Gasteiger partial charge is 0.411 e. The van der Waals surface area contributed by atoms with Crippen molar-refractivity contribution >= 4 is 8.32 Å². The summed E-state index contributed by atoms with van der Waals surface area (Å²) in [5, 5.41) is 0. The molecule has 0 rings (SSSR count). The highest BCUT2D eigenvalue weighted by Gasteiger charge is 2.87. The molecule has 0 saturated heterocycles. The molecule has 14 heteroatoms. The number of hydrogen-bond acceptors (Lipinski definition) is 1. The van der Waals surface area contributed by atoms with Crippen LogP contribution in [-0.4, -0.2) is 51.0 Å². The molecular formula is C10H12F12OSi. The van der Waals surface area contributed by atoms with Gasteiger partial charge in [-0.2, -0.15) is 43.9 Å². The molecule has 0 aromatic heterocycles. The summed E-state index contributed by atoms with van der Waals surface area (Å²) in [4.78, 5) is 0. The normalized spacial score (nSPS) is 16.0. The van der Waals surface area contributed by atoms with E-state index in [1.165, 1.54) is 0 Å². The van der Waals surface area contributed by atoms with Crippen molar-refractivity contribution in [1.82, 2.24) is 0 Å². The predicted octanol–water partition coefficient (Wildman–Crippen LogP) is 5.28. The highest BCUT2D eigenvalue weighted by atomic mass is 28.4. The molecule has 0 bridgehead atoms. The first-order valence-electron chi connectivity index (χ1n) is 5.96. The van der Waals surface area contributed by atoms with Crippen LogP contribution in [0.5, 0.6) is 0 Å². The van der Waals surface area contributed by atoms with E-state index < -0.39 is 51.0 Å². The number of hydrogen-bond donors (Lipinski definition) is 0. The number of alkyl halides is 12. The fourth-order valence-corrected chi connectivity index (χ4v) is 1.79. The molecule has 0 aliphatic carbocycles. The van der Waals surface area contributed by atoms with E-state index in [1.807, 2.05) is 0 Å². The van der Waals surface area contributed by atoms with Crippen LogP contribution in [0.25, 0.3) is 0 Å². The lowest BCUT2D eigenvalue weighted by atomic mass is 9.95. The smallest absolute Gasteiger partial charge is 0.384 e. The molecule has 0 heterocycles. The first kappa shape index (κ1) is 23.3. The average molecular weight is 404 g/mol. The van der Waals surface area contributed by atoms with E-state index in [4.69, 9.17) is 0 Å². The molecule has 0 aliphatic heterocycles. The Balaban J connectivity index is 5.89. The maximum Gasteiger partial charge on any atom is 0.384 e. The molecule has 0 spiro atoms. The highest BCUT2D eigenvalue weighted by molar-refractivity contribution is 6.69. The third-order valence-electron chi connectivity index (χ3n) is 2.63. The molecule has 0 aromatic carbocycles. The zero-order valence-corrected chi connectivity index (χ0v) is 13.2. The summed E-state index contributed by atoms with van der Waals surface area (Å²) in [6.45, 7) is 0.971. The third-order valence-corrected chi connectivity index (χ3v) is 3.64. The van der Waals surface area contributed by atoms with Gasteiger partial charge in [-0.25, -0.2) is 8.78 Å². The summed E-state index contributed by atoms with van der Waals surface area (Å²) in [6.07, 6.45) is -5.50. The van der Waals surface area contributed by atoms with Crippen LogP contribution in [0.4, 0.5) is 52.7 Å². The minimum Gasteiger partial charge on any atom is -0.411 e. The molecule has 0 fully saturated rings. The summed E-state index contributed by atoms with van der Waals surface area (Å²) >= 11 is 0. The van der Waals surface area contributed by atoms with Crippen molar-refractivity contribution in [2.75, 3.05) is 6.61 Å². The van der Waals surface area contributed by atoms with Crippen LogP contribution in [0.2, 0.25) is 19.6 Å². The summed E-state index contributed by atoms with van der Waals surface area (Å²) in [5.74, 6) is -35.1. The van der Waals surface area contributed by atoms with Crippen molar-refractivity contribution in [1.29, 1.82) is 0 Å². The van der Waals surface area contributed by atoms with Crippen LogP contribution in [0.3, 0.4) is 0 Å². The Kier molecular flexibility index (Phi) is 6.08. The van der Waals surface area contributed by atoms with Gasteiger partial charge in [0.1, 0.15) is 6.61 Å². The Morgan fingerprint density at radius 3 is 1.38 bits per heavy atom. The van der Waals surface area contributed by atoms with E-state index in [2.05, 4.69) is 4.43 Å². The highest BCUT2D eigenvalue weighted by Crippen LogP contribution is 2.58. The zero-order valence-electron chi connectivity index (χ0n) is 12.2. The minimum atomic E-state index is -7.49. The van der Waals surface area contributed by atoms with Gasteiger partial charge in [-0.1, -0.05) is 0 Å². The molecule has 0 atom stereocenters. The lowest BCUT2D eigenvalue weighted by Crippen LogP contribution is -2.69. The van der Waals surface area contributed by atoms with Crippen LogP contribution < -0.4 is 0 Å². The van der Waals surface area contributed by atoms with Crippen LogP contribution in [-0.2, 0) is 4.43 Å². The van der Waals surface area contributed by atoms with Gasteiger partial charge in [0.15, 0.2) is 8.32 Å². The first-order chi connectivity index (χ1) is 10.2. The topological polar surface area (TPSA) is 9.23 Å². The summed E-state index contributed by atoms with van der Waals surface area (Å²) in [5.41, 5.74) is 0. The maximum atomic E-state index is 13.2. The fourth-order valence-electron chi connectivity index (χ4n) is 1.17. The van der Waals surface area contributed by atoms with Gasteiger partial charge in [-0.3, -0.25) is 0 Å². The van der Waals surface area contributed by atoms with Crippen LogP contribution in [0.1, 0.15) is 0 Å². The molecule has 0 aliphatic rings. The molecular weight excluding hydrogens is 392 g/mol. The summed E-state index contributed by atoms with van der Waals surface area (Å²) in [7, 11) is -3.02. The van der Waals surface area contributed by atoms with Gasteiger partial charge >= 0.3 is 36.0 Å². The Morgan fingerprint density at radius 1 is 0.708 bits per heavy atom. The van der Waals surface area contributed by atoms with Gasteiger partial charge in [0, 0.05) is 0 Å². The van der Waals surface area contributed by atoms with Crippen LogP contribution in [0, 0.1) is 0 Å². The van der Waals surface area contributed by atoms with Gasteiger partial charge in [0.2, 0.25) is 0 Å². The molecule has 0 radical (unpaired) electrons. The van der Waals surface area contributed by atoms with Gasteiger partial charge in [-0.15, -0.1) is 0 Å². The number of rotatable bonds is 8. The molecule has 146 valence electrons. The van der Waals surface area contributed by atoms with Crippen LogP contribution in [0.15, 0.2) is 0 Å². The molecule has 0 saturated carbocycles. The second-order valence-corrected chi connectivity index (χ2v) is 10.3. The lowest BCUT2D eigenvalue weighted by molar-refractivity contribution is -0.414. The molecule has 0 unspecified atom stereocenters. The lowest BCUT2D eigenvalue weighted by Gasteiger charge is -2.39. The maximum absolute atomic E-state index is 13.2. The SMILES string of the molecule is C[Si](C)(C)OCC(F)(F)C(F)(F)C(F)(F)C(F)(F)C(F)(F)C(F)F. The van der Waals surface area contributed by atoms with Crippen molar-refractivity contribution in [3.8, 4) is 0 Å². The quantitative estimate of drug-likeness (QED) is 0.395. The van der Waals surface area contributed by atoms with Gasteiger partial charge in [-0.05, 0) is 19.6 Å². The third kappa shape index (κ3) is 3.78. The van der Waals surface area contributed by atoms with E-state index in [-0.39, 0.29) is 0 Å². The monoisotopic (exact) mass is 404 g/mol. The van der Waals surface area contributed by atoms with E-state index in [1.54, 1.807) is 0 Å². The standard InChI is InChI=1S/C10H12F12OSi/c1-24(2,3)23-4-6(13,14)8(17,18)10(21,22)9(19,20)7(15,16)5(11)12/h5H,4H2,1-3H3. The summed E-state index contributed by atoms with van der Waals surface area (Å²) in [6, 6.07) is 0. The van der Waals surface area contributed by atoms with E-state index in [0.717, 1.165) is 19.6 Å². The van der Waals surface area contributed by atoms with Crippen molar-refractivity contribution in [2.45, 2.75) is 55.7 Å². The predicted molar refractivity (Wildman–Crippen MR) is 60.0 cm³/mol. The number of halogens is 12.